The first-order chi connectivity index (χ1) is 10.1. The van der Waals surface area contributed by atoms with Gasteiger partial charge in [0.15, 0.2) is 11.6 Å². The number of halogens is 2. The molecular formula is C17H20F2O2. The van der Waals surface area contributed by atoms with Crippen LogP contribution in [0, 0.1) is 17.6 Å². The molecule has 0 amide bonds. The van der Waals surface area contributed by atoms with Crippen LogP contribution in [0.2, 0.25) is 0 Å². The van der Waals surface area contributed by atoms with Gasteiger partial charge in [0, 0.05) is 0 Å². The van der Waals surface area contributed by atoms with E-state index in [2.05, 4.69) is 0 Å². The van der Waals surface area contributed by atoms with Crippen LogP contribution in [0.3, 0.4) is 0 Å². The van der Waals surface area contributed by atoms with Crippen molar-refractivity contribution in [3.05, 3.63) is 34.9 Å². The van der Waals surface area contributed by atoms with Crippen molar-refractivity contribution in [1.29, 1.82) is 0 Å². The SMILES string of the molecule is CCc1ccc(C2CCC(C3CC(=O)O3)CC2)c(F)c1F. The zero-order valence-corrected chi connectivity index (χ0v) is 12.2. The van der Waals surface area contributed by atoms with E-state index in [4.69, 9.17) is 4.74 Å². The molecule has 1 atom stereocenters. The fourth-order valence-corrected chi connectivity index (χ4v) is 3.58. The highest BCUT2D eigenvalue weighted by atomic mass is 19.2. The van der Waals surface area contributed by atoms with Crippen LogP contribution in [0.25, 0.3) is 0 Å². The molecule has 1 heterocycles. The number of carbonyl (C=O) groups is 1. The van der Waals surface area contributed by atoms with Crippen LogP contribution in [0.4, 0.5) is 8.78 Å². The summed E-state index contributed by atoms with van der Waals surface area (Å²) in [5.74, 6) is -1.01. The monoisotopic (exact) mass is 294 g/mol. The van der Waals surface area contributed by atoms with Gasteiger partial charge in [0.2, 0.25) is 0 Å². The number of cyclic esters (lactones) is 1. The summed E-state index contributed by atoms with van der Waals surface area (Å²) in [6.45, 7) is 1.82. The van der Waals surface area contributed by atoms with E-state index in [-0.39, 0.29) is 18.0 Å². The predicted octanol–water partition coefficient (Wildman–Crippen LogP) is 4.12. The maximum atomic E-state index is 14.2. The molecule has 1 saturated carbocycles. The number of aryl methyl sites for hydroxylation is 1. The third-order valence-electron chi connectivity index (χ3n) is 4.96. The van der Waals surface area contributed by atoms with Gasteiger partial charge in [-0.25, -0.2) is 8.78 Å². The molecule has 2 aliphatic rings. The van der Waals surface area contributed by atoms with Gasteiger partial charge in [-0.15, -0.1) is 0 Å². The van der Waals surface area contributed by atoms with Crippen molar-refractivity contribution in [3.63, 3.8) is 0 Å². The van der Waals surface area contributed by atoms with Gasteiger partial charge in [-0.2, -0.15) is 0 Å². The lowest BCUT2D eigenvalue weighted by atomic mass is 9.75. The number of carbonyl (C=O) groups excluding carboxylic acids is 1. The van der Waals surface area contributed by atoms with Crippen LogP contribution < -0.4 is 0 Å². The summed E-state index contributed by atoms with van der Waals surface area (Å²) >= 11 is 0. The van der Waals surface area contributed by atoms with Crippen LogP contribution in [-0.4, -0.2) is 12.1 Å². The molecule has 1 aromatic carbocycles. The van der Waals surface area contributed by atoms with Crippen molar-refractivity contribution in [2.24, 2.45) is 5.92 Å². The Morgan fingerprint density at radius 2 is 1.81 bits per heavy atom. The summed E-state index contributed by atoms with van der Waals surface area (Å²) in [5, 5.41) is 0. The largest absolute Gasteiger partial charge is 0.461 e. The van der Waals surface area contributed by atoms with E-state index in [9.17, 15) is 13.6 Å². The van der Waals surface area contributed by atoms with Crippen molar-refractivity contribution >= 4 is 5.97 Å². The van der Waals surface area contributed by atoms with Gasteiger partial charge < -0.3 is 4.74 Å². The predicted molar refractivity (Wildman–Crippen MR) is 74.9 cm³/mol. The molecule has 4 heteroatoms. The highest BCUT2D eigenvalue weighted by molar-refractivity contribution is 5.75. The summed E-state index contributed by atoms with van der Waals surface area (Å²) in [4.78, 5) is 10.9. The maximum Gasteiger partial charge on any atom is 0.309 e. The standard InChI is InChI=1S/C17H20F2O2/c1-2-10-7-8-13(17(19)16(10)18)11-3-5-12(6-4-11)14-9-15(20)21-14/h7-8,11-12,14H,2-6,9H2,1H3. The van der Waals surface area contributed by atoms with Crippen molar-refractivity contribution in [2.45, 2.75) is 57.5 Å². The van der Waals surface area contributed by atoms with Gasteiger partial charge in [0.05, 0.1) is 6.42 Å². The lowest BCUT2D eigenvalue weighted by Gasteiger charge is -2.37. The van der Waals surface area contributed by atoms with Crippen LogP contribution in [-0.2, 0) is 16.0 Å². The molecule has 0 aromatic heterocycles. The summed E-state index contributed by atoms with van der Waals surface area (Å²) < 4.78 is 33.2. The Hall–Kier alpha value is -1.45. The summed E-state index contributed by atoms with van der Waals surface area (Å²) in [6, 6.07) is 3.44. The van der Waals surface area contributed by atoms with Gasteiger partial charge in [0.25, 0.3) is 0 Å². The van der Waals surface area contributed by atoms with Crippen molar-refractivity contribution in [2.75, 3.05) is 0 Å². The maximum absolute atomic E-state index is 14.2. The van der Waals surface area contributed by atoms with E-state index in [1.54, 1.807) is 12.1 Å². The zero-order valence-electron chi connectivity index (χ0n) is 12.2. The summed E-state index contributed by atoms with van der Waals surface area (Å²) in [6.07, 6.45) is 4.58. The second-order valence-corrected chi connectivity index (χ2v) is 6.14. The third-order valence-corrected chi connectivity index (χ3v) is 4.96. The molecule has 0 radical (unpaired) electrons. The Kier molecular flexibility index (Phi) is 3.96. The molecule has 2 nitrogen and oxygen atoms in total. The third kappa shape index (κ3) is 2.68. The lowest BCUT2D eigenvalue weighted by Crippen LogP contribution is -2.40. The Morgan fingerprint density at radius 3 is 2.38 bits per heavy atom. The first-order valence-electron chi connectivity index (χ1n) is 7.76. The lowest BCUT2D eigenvalue weighted by molar-refractivity contribution is -0.176. The second kappa shape index (κ2) is 5.74. The minimum Gasteiger partial charge on any atom is -0.461 e. The number of rotatable bonds is 3. The molecule has 1 aliphatic carbocycles. The summed E-state index contributed by atoms with van der Waals surface area (Å²) in [5.41, 5.74) is 0.945. The molecule has 114 valence electrons. The molecule has 0 spiro atoms. The molecule has 0 N–H and O–H groups in total. The Labute approximate surface area is 123 Å². The Morgan fingerprint density at radius 1 is 1.14 bits per heavy atom. The molecule has 1 aliphatic heterocycles. The normalized spacial score (nSPS) is 28.9. The van der Waals surface area contributed by atoms with E-state index in [0.717, 1.165) is 25.7 Å². The van der Waals surface area contributed by atoms with E-state index in [0.29, 0.717) is 29.9 Å². The summed E-state index contributed by atoms with van der Waals surface area (Å²) in [7, 11) is 0. The number of esters is 1. The van der Waals surface area contributed by atoms with Crippen molar-refractivity contribution < 1.29 is 18.3 Å². The van der Waals surface area contributed by atoms with E-state index < -0.39 is 11.6 Å². The minimum atomic E-state index is -0.690. The number of hydrogen-bond donors (Lipinski definition) is 0. The van der Waals surface area contributed by atoms with Crippen molar-refractivity contribution in [3.8, 4) is 0 Å². The van der Waals surface area contributed by atoms with Crippen LogP contribution in [0.5, 0.6) is 0 Å². The number of benzene rings is 1. The fourth-order valence-electron chi connectivity index (χ4n) is 3.58. The molecule has 1 aromatic rings. The minimum absolute atomic E-state index is 0.0579. The van der Waals surface area contributed by atoms with E-state index >= 15 is 0 Å². The Bertz CT molecular complexity index is 540. The molecule has 1 unspecified atom stereocenters. The number of ether oxygens (including phenoxy) is 1. The van der Waals surface area contributed by atoms with Gasteiger partial charge in [-0.3, -0.25) is 4.79 Å². The quantitative estimate of drug-likeness (QED) is 0.784. The van der Waals surface area contributed by atoms with Crippen LogP contribution in [0.1, 0.15) is 56.1 Å². The average Bonchev–Trinajstić information content (AvgIpc) is 2.47. The molecule has 1 saturated heterocycles. The van der Waals surface area contributed by atoms with Gasteiger partial charge >= 0.3 is 5.97 Å². The molecule has 21 heavy (non-hydrogen) atoms. The first-order valence-corrected chi connectivity index (χ1v) is 7.76. The molecule has 2 fully saturated rings. The topological polar surface area (TPSA) is 26.3 Å². The second-order valence-electron chi connectivity index (χ2n) is 6.14. The highest BCUT2D eigenvalue weighted by Crippen LogP contribution is 2.41. The molecule has 0 bridgehead atoms. The van der Waals surface area contributed by atoms with Gasteiger partial charge in [0.1, 0.15) is 6.10 Å². The van der Waals surface area contributed by atoms with Crippen molar-refractivity contribution in [1.82, 2.24) is 0 Å². The Balaban J connectivity index is 1.67. The van der Waals surface area contributed by atoms with Gasteiger partial charge in [-0.1, -0.05) is 19.1 Å². The van der Waals surface area contributed by atoms with Crippen LogP contribution in [0.15, 0.2) is 12.1 Å². The number of hydrogen-bond acceptors (Lipinski definition) is 2. The molecule has 3 rings (SSSR count). The van der Waals surface area contributed by atoms with Gasteiger partial charge in [-0.05, 0) is 55.1 Å². The first kappa shape index (κ1) is 14.5. The van der Waals surface area contributed by atoms with E-state index in [1.807, 2.05) is 6.92 Å². The average molecular weight is 294 g/mol. The zero-order chi connectivity index (χ0) is 15.0. The fraction of sp³-hybridized carbons (Fsp3) is 0.588. The highest BCUT2D eigenvalue weighted by Gasteiger charge is 2.38. The molecular weight excluding hydrogens is 274 g/mol. The van der Waals surface area contributed by atoms with Crippen LogP contribution >= 0.6 is 0 Å². The van der Waals surface area contributed by atoms with E-state index in [1.165, 1.54) is 0 Å². The smallest absolute Gasteiger partial charge is 0.309 e.